The summed E-state index contributed by atoms with van der Waals surface area (Å²) in [5, 5.41) is 9.54. The first-order chi connectivity index (χ1) is 12.9. The van der Waals surface area contributed by atoms with Gasteiger partial charge in [-0.3, -0.25) is 0 Å². The first kappa shape index (κ1) is 18.9. The van der Waals surface area contributed by atoms with Gasteiger partial charge in [0.2, 0.25) is 0 Å². The quantitative estimate of drug-likeness (QED) is 0.472. The minimum Gasteiger partial charge on any atom is -0.362 e. The number of benzene rings is 2. The van der Waals surface area contributed by atoms with E-state index in [-0.39, 0.29) is 11.4 Å². The number of halogens is 1. The molecule has 0 aromatic heterocycles. The third-order valence-electron chi connectivity index (χ3n) is 5.05. The zero-order chi connectivity index (χ0) is 19.6. The molecular weight excluding hydrogens is 335 g/mol. The fourth-order valence-corrected chi connectivity index (χ4v) is 3.81. The van der Waals surface area contributed by atoms with Crippen molar-refractivity contribution in [1.82, 2.24) is 0 Å². The van der Waals surface area contributed by atoms with Crippen molar-refractivity contribution in [3.63, 3.8) is 0 Å². The van der Waals surface area contributed by atoms with Gasteiger partial charge in [-0.05, 0) is 56.5 Å². The summed E-state index contributed by atoms with van der Waals surface area (Å²) in [5.41, 5.74) is 4.62. The van der Waals surface area contributed by atoms with Gasteiger partial charge < -0.3 is 4.90 Å². The molecule has 0 bridgehead atoms. The van der Waals surface area contributed by atoms with E-state index in [1.807, 2.05) is 36.4 Å². The van der Waals surface area contributed by atoms with E-state index in [0.717, 1.165) is 35.4 Å². The largest absolute Gasteiger partial charge is 0.362 e. The lowest BCUT2D eigenvalue weighted by molar-refractivity contribution is 0.546. The third-order valence-corrected chi connectivity index (χ3v) is 5.05. The van der Waals surface area contributed by atoms with Gasteiger partial charge in [0.25, 0.3) is 0 Å². The van der Waals surface area contributed by atoms with Crippen LogP contribution in [0.4, 0.5) is 10.1 Å². The van der Waals surface area contributed by atoms with Crippen molar-refractivity contribution >= 4 is 22.9 Å². The van der Waals surface area contributed by atoms with E-state index in [0.29, 0.717) is 11.1 Å². The number of nitriles is 1. The van der Waals surface area contributed by atoms with Crippen LogP contribution in [-0.4, -0.2) is 12.1 Å². The number of allylic oxidation sites excluding steroid dienone is 2. The molecule has 27 heavy (non-hydrogen) atoms. The van der Waals surface area contributed by atoms with Crippen LogP contribution >= 0.6 is 0 Å². The van der Waals surface area contributed by atoms with E-state index in [1.54, 1.807) is 12.1 Å². The minimum absolute atomic E-state index is 0.154. The Hall–Kier alpha value is -2.86. The number of nitrogens with zero attached hydrogens (tertiary/aromatic N) is 2. The lowest BCUT2D eigenvalue weighted by Gasteiger charge is -2.43. The summed E-state index contributed by atoms with van der Waals surface area (Å²) < 4.78 is 15.0. The molecule has 0 spiro atoms. The monoisotopic (exact) mass is 360 g/mol. The summed E-state index contributed by atoms with van der Waals surface area (Å²) in [6, 6.07) is 15.1. The second-order valence-corrected chi connectivity index (χ2v) is 7.56. The normalized spacial score (nSPS) is 15.8. The van der Waals surface area contributed by atoms with E-state index >= 15 is 0 Å². The molecule has 0 fully saturated rings. The van der Waals surface area contributed by atoms with Crippen LogP contribution in [0.15, 0.2) is 48.5 Å². The van der Waals surface area contributed by atoms with Crippen molar-refractivity contribution in [2.75, 3.05) is 11.4 Å². The van der Waals surface area contributed by atoms with Gasteiger partial charge in [-0.1, -0.05) is 43.3 Å². The molecule has 1 aliphatic rings. The average molecular weight is 360 g/mol. The molecular formula is C24H25FN2. The van der Waals surface area contributed by atoms with E-state index in [1.165, 1.54) is 0 Å². The third kappa shape index (κ3) is 3.66. The van der Waals surface area contributed by atoms with Gasteiger partial charge in [-0.2, -0.15) is 5.26 Å². The standard InChI is InChI=1S/C24H25FN2/c1-5-11-27-23-14-22(25)19(13-21(23)17(2)15-24(27,3)4)12-20(16-26)18-9-7-6-8-10-18/h6-10,12-15H,5,11H2,1-4H3/b20-12-. The van der Waals surface area contributed by atoms with Gasteiger partial charge in [0, 0.05) is 23.4 Å². The van der Waals surface area contributed by atoms with Crippen LogP contribution in [0.1, 0.15) is 50.8 Å². The van der Waals surface area contributed by atoms with E-state index < -0.39 is 0 Å². The van der Waals surface area contributed by atoms with Gasteiger partial charge in [0.05, 0.1) is 17.2 Å². The molecule has 0 saturated heterocycles. The Kier molecular flexibility index (Phi) is 5.19. The van der Waals surface area contributed by atoms with Crippen LogP contribution in [-0.2, 0) is 0 Å². The van der Waals surface area contributed by atoms with Gasteiger partial charge in [0.1, 0.15) is 5.82 Å². The highest BCUT2D eigenvalue weighted by molar-refractivity contribution is 5.91. The molecule has 1 heterocycles. The summed E-state index contributed by atoms with van der Waals surface area (Å²) >= 11 is 0. The predicted molar refractivity (Wildman–Crippen MR) is 112 cm³/mol. The second-order valence-electron chi connectivity index (χ2n) is 7.56. The Labute approximate surface area is 161 Å². The van der Waals surface area contributed by atoms with Crippen LogP contribution in [0.5, 0.6) is 0 Å². The number of hydrogen-bond acceptors (Lipinski definition) is 2. The Morgan fingerprint density at radius 1 is 1.22 bits per heavy atom. The zero-order valence-electron chi connectivity index (χ0n) is 16.4. The van der Waals surface area contributed by atoms with Crippen molar-refractivity contribution in [2.45, 2.75) is 39.7 Å². The maximum absolute atomic E-state index is 15.0. The number of hydrogen-bond donors (Lipinski definition) is 0. The van der Waals surface area contributed by atoms with Crippen molar-refractivity contribution in [1.29, 1.82) is 5.26 Å². The summed E-state index contributed by atoms with van der Waals surface area (Å²) in [6.45, 7) is 9.38. The molecule has 0 radical (unpaired) electrons. The number of anilines is 1. The van der Waals surface area contributed by atoms with Crippen molar-refractivity contribution in [2.24, 2.45) is 0 Å². The summed E-state index contributed by atoms with van der Waals surface area (Å²) in [7, 11) is 0. The molecule has 0 N–H and O–H groups in total. The first-order valence-electron chi connectivity index (χ1n) is 9.35. The minimum atomic E-state index is -0.302. The van der Waals surface area contributed by atoms with Crippen molar-refractivity contribution < 1.29 is 4.39 Å². The fraction of sp³-hybridized carbons (Fsp3) is 0.292. The lowest BCUT2D eigenvalue weighted by Crippen LogP contribution is -2.45. The van der Waals surface area contributed by atoms with Gasteiger partial charge in [0.15, 0.2) is 0 Å². The molecule has 0 aliphatic carbocycles. The Morgan fingerprint density at radius 2 is 1.93 bits per heavy atom. The smallest absolute Gasteiger partial charge is 0.132 e. The summed E-state index contributed by atoms with van der Waals surface area (Å²) in [5.74, 6) is -0.302. The maximum Gasteiger partial charge on any atom is 0.132 e. The van der Waals surface area contributed by atoms with Gasteiger partial charge in [-0.15, -0.1) is 0 Å². The molecule has 2 nitrogen and oxygen atoms in total. The average Bonchev–Trinajstić information content (AvgIpc) is 2.64. The topological polar surface area (TPSA) is 27.0 Å². The molecule has 0 unspecified atom stereocenters. The maximum atomic E-state index is 15.0. The molecule has 0 amide bonds. The van der Waals surface area contributed by atoms with E-state index in [2.05, 4.69) is 44.7 Å². The van der Waals surface area contributed by atoms with Crippen molar-refractivity contribution in [3.05, 3.63) is 71.0 Å². The SMILES string of the molecule is CCCN1c2cc(F)c(/C=C(/C#N)c3ccccc3)cc2C(C)=CC1(C)C. The van der Waals surface area contributed by atoms with Crippen molar-refractivity contribution in [3.8, 4) is 6.07 Å². The summed E-state index contributed by atoms with van der Waals surface area (Å²) in [6.07, 6.45) is 4.87. The molecule has 2 aromatic carbocycles. The molecule has 3 rings (SSSR count). The predicted octanol–water partition coefficient (Wildman–Crippen LogP) is 6.30. The Bertz CT molecular complexity index is 946. The van der Waals surface area contributed by atoms with Crippen LogP contribution in [0.2, 0.25) is 0 Å². The van der Waals surface area contributed by atoms with Crippen LogP contribution < -0.4 is 4.90 Å². The zero-order valence-corrected chi connectivity index (χ0v) is 16.4. The second kappa shape index (κ2) is 7.40. The van der Waals surface area contributed by atoms with Crippen LogP contribution in [0.3, 0.4) is 0 Å². The Balaban J connectivity index is 2.13. The van der Waals surface area contributed by atoms with E-state index in [9.17, 15) is 9.65 Å². The fourth-order valence-electron chi connectivity index (χ4n) is 3.81. The number of fused-ring (bicyclic) bond motifs is 1. The highest BCUT2D eigenvalue weighted by atomic mass is 19.1. The Morgan fingerprint density at radius 3 is 2.56 bits per heavy atom. The first-order valence-corrected chi connectivity index (χ1v) is 9.35. The van der Waals surface area contributed by atoms with E-state index in [4.69, 9.17) is 0 Å². The summed E-state index contributed by atoms with van der Waals surface area (Å²) in [4.78, 5) is 2.26. The molecule has 138 valence electrons. The van der Waals surface area contributed by atoms with Crippen LogP contribution in [0.25, 0.3) is 17.2 Å². The molecule has 1 aliphatic heterocycles. The molecule has 2 aromatic rings. The van der Waals surface area contributed by atoms with Gasteiger partial charge >= 0.3 is 0 Å². The highest BCUT2D eigenvalue weighted by Gasteiger charge is 2.31. The molecule has 3 heteroatoms. The number of rotatable bonds is 4. The highest BCUT2D eigenvalue weighted by Crippen LogP contribution is 2.40. The van der Waals surface area contributed by atoms with Gasteiger partial charge in [-0.25, -0.2) is 4.39 Å². The van der Waals surface area contributed by atoms with Crippen LogP contribution in [0, 0.1) is 17.1 Å². The lowest BCUT2D eigenvalue weighted by atomic mass is 9.87. The molecule has 0 atom stereocenters. The molecule has 0 saturated carbocycles.